The molecule has 2 aliphatic rings. The fourth-order valence-corrected chi connectivity index (χ4v) is 10.4. The van der Waals surface area contributed by atoms with Crippen molar-refractivity contribution < 1.29 is 89.9 Å². The Bertz CT molecular complexity index is 1920. The van der Waals surface area contributed by atoms with Crippen molar-refractivity contribution in [2.75, 3.05) is 6.54 Å². The number of unbranched alkanes of at least 4 members (excludes halogenated alkanes) is 3. The number of esters is 2. The molecule has 2 rings (SSSR count). The molecule has 1 saturated heterocycles. The lowest BCUT2D eigenvalue weighted by Gasteiger charge is -2.45. The highest BCUT2D eigenvalue weighted by Gasteiger charge is 2.50. The van der Waals surface area contributed by atoms with Gasteiger partial charge in [-0.25, -0.2) is 0 Å². The largest absolute Gasteiger partial charge is 0.481 e. The van der Waals surface area contributed by atoms with E-state index in [0.29, 0.717) is 31.4 Å². The van der Waals surface area contributed by atoms with Crippen molar-refractivity contribution in [2.24, 2.45) is 57.9 Å². The molecule has 452 valence electrons. The fraction of sp³-hybridized carbons (Fsp3) is 0.825. The van der Waals surface area contributed by atoms with Crippen molar-refractivity contribution >= 4 is 23.9 Å². The summed E-state index contributed by atoms with van der Waals surface area (Å²) < 4.78 is 17.7. The molecule has 2 bridgehead atoms. The predicted octanol–water partition coefficient (Wildman–Crippen LogP) is 3.02. The highest BCUT2D eigenvalue weighted by atomic mass is 16.7. The Hall–Kier alpha value is -3.58. The number of nitrogens with zero attached hydrogens (tertiary/aromatic N) is 1. The van der Waals surface area contributed by atoms with Crippen LogP contribution in [0.15, 0.2) is 40.4 Å². The molecule has 21 atom stereocenters. The summed E-state index contributed by atoms with van der Waals surface area (Å²) in [7, 11) is 0. The van der Waals surface area contributed by atoms with Crippen LogP contribution in [0.2, 0.25) is 0 Å². The molecular formula is C57H101N3O18. The van der Waals surface area contributed by atoms with Crippen LogP contribution in [-0.4, -0.2) is 177 Å². The Labute approximate surface area is 462 Å². The molecular weight excluding hydrogens is 1010 g/mol. The van der Waals surface area contributed by atoms with Crippen LogP contribution in [0.5, 0.6) is 0 Å². The molecule has 1 fully saturated rings. The maximum atomic E-state index is 14.3. The van der Waals surface area contributed by atoms with E-state index in [1.165, 1.54) is 19.1 Å². The number of aliphatic imine (C=N–C) groups is 1. The van der Waals surface area contributed by atoms with Gasteiger partial charge in [-0.15, -0.1) is 0 Å². The molecule has 0 aliphatic carbocycles. The molecule has 0 spiro atoms. The van der Waals surface area contributed by atoms with Gasteiger partial charge in [-0.2, -0.15) is 0 Å². The molecule has 2 aliphatic heterocycles. The average molecular weight is 1120 g/mol. The number of guanidine groups is 1. The Balaban J connectivity index is 2.52. The Kier molecular flexibility index (Phi) is 31.3. The minimum atomic E-state index is -2.43. The second-order valence-corrected chi connectivity index (χ2v) is 23.2. The number of carbonyl (C=O) groups excluding carboxylic acids is 2. The van der Waals surface area contributed by atoms with E-state index in [0.717, 1.165) is 31.3 Å². The number of fused-ring (bicyclic) bond motifs is 2. The van der Waals surface area contributed by atoms with Crippen LogP contribution in [0, 0.1) is 41.4 Å². The molecule has 0 aromatic rings. The highest BCUT2D eigenvalue weighted by Crippen LogP contribution is 2.36. The van der Waals surface area contributed by atoms with E-state index in [-0.39, 0.29) is 62.7 Å². The minimum Gasteiger partial charge on any atom is -0.481 e. The number of aliphatic hydroxyl groups is 11. The Morgan fingerprint density at radius 2 is 1.42 bits per heavy atom. The van der Waals surface area contributed by atoms with Crippen molar-refractivity contribution in [3.05, 3.63) is 35.5 Å². The van der Waals surface area contributed by atoms with Crippen molar-refractivity contribution in [3.8, 4) is 0 Å². The molecule has 0 aromatic carbocycles. The van der Waals surface area contributed by atoms with Crippen LogP contribution in [0.3, 0.4) is 0 Å². The smallest absolute Gasteiger partial charge is 0.317 e. The third-order valence-electron chi connectivity index (χ3n) is 16.0. The molecule has 0 radical (unpaired) electrons. The van der Waals surface area contributed by atoms with Gasteiger partial charge < -0.3 is 87.0 Å². The van der Waals surface area contributed by atoms with E-state index < -0.39 is 145 Å². The quantitative estimate of drug-likeness (QED) is 0.0333. The standard InChI is InChI=1S/C57H101N3O18/c1-31(15-12-10-11-13-22-60-56(58)59)23-36(6)53-35(5)17-14-16-34(4)52(72)38(8)45(65)26-41(62)24-40(61)25-42-27-47(67)54(73)57(75,78-42)30-48(68)33(3)18-20-43(63)37(7)46(66)28-44(64)32(2)19-21-49(39(9)55(74)77-53)76-51(71)29-50(69)70/h15-16,19,21,32-33,35-49,52-54,61-68,72-73,75H,10-14,17-18,20,22-30H2,1-9H3,(H,69,70)(H4,58,59,60)/b21-19+,31-15+,34-16-. The summed E-state index contributed by atoms with van der Waals surface area (Å²) in [4.78, 5) is 42.6. The first kappa shape index (κ1) is 70.5. The number of ether oxygens (including phenoxy) is 3. The van der Waals surface area contributed by atoms with E-state index >= 15 is 0 Å². The number of rotatable bonds is 12. The second-order valence-electron chi connectivity index (χ2n) is 23.2. The molecule has 21 heteroatoms. The number of carbonyl (C=O) groups is 3. The Morgan fingerprint density at radius 1 is 0.782 bits per heavy atom. The summed E-state index contributed by atoms with van der Waals surface area (Å²) >= 11 is 0. The number of aliphatic hydroxyl groups excluding tert-OH is 10. The minimum absolute atomic E-state index is 0.0532. The van der Waals surface area contributed by atoms with Gasteiger partial charge >= 0.3 is 17.9 Å². The summed E-state index contributed by atoms with van der Waals surface area (Å²) in [5, 5.41) is 132. The van der Waals surface area contributed by atoms with Crippen LogP contribution >= 0.6 is 0 Å². The molecule has 2 heterocycles. The monoisotopic (exact) mass is 1120 g/mol. The van der Waals surface area contributed by atoms with E-state index in [9.17, 15) is 75.7 Å². The topological polar surface area (TPSA) is 386 Å². The second kappa shape index (κ2) is 34.6. The van der Waals surface area contributed by atoms with E-state index in [4.69, 9.17) is 25.7 Å². The number of hydrogen-bond donors (Lipinski definition) is 14. The zero-order chi connectivity index (χ0) is 59.2. The molecule has 78 heavy (non-hydrogen) atoms. The van der Waals surface area contributed by atoms with Crippen molar-refractivity contribution in [3.63, 3.8) is 0 Å². The van der Waals surface area contributed by atoms with Gasteiger partial charge in [0.05, 0.1) is 67.0 Å². The van der Waals surface area contributed by atoms with E-state index in [1.807, 2.05) is 26.8 Å². The molecule has 0 amide bonds. The van der Waals surface area contributed by atoms with E-state index in [2.05, 4.69) is 11.1 Å². The van der Waals surface area contributed by atoms with Gasteiger partial charge in [0.15, 0.2) is 11.7 Å². The van der Waals surface area contributed by atoms with Gasteiger partial charge in [0, 0.05) is 43.6 Å². The normalized spacial score (nSPS) is 39.2. The summed E-state index contributed by atoms with van der Waals surface area (Å²) in [6.07, 6.45) is -6.49. The third-order valence-corrected chi connectivity index (χ3v) is 16.0. The molecule has 16 N–H and O–H groups in total. The van der Waals surface area contributed by atoms with Gasteiger partial charge in [0.25, 0.3) is 0 Å². The fourth-order valence-electron chi connectivity index (χ4n) is 10.4. The van der Waals surface area contributed by atoms with E-state index in [1.54, 1.807) is 34.6 Å². The number of carboxylic acid groups (broad SMARTS) is 1. The van der Waals surface area contributed by atoms with Gasteiger partial charge in [-0.3, -0.25) is 19.4 Å². The lowest BCUT2D eigenvalue weighted by atomic mass is 9.83. The number of carboxylic acids is 1. The molecule has 0 saturated carbocycles. The molecule has 21 nitrogen and oxygen atoms in total. The zero-order valence-corrected chi connectivity index (χ0v) is 47.8. The van der Waals surface area contributed by atoms with Gasteiger partial charge in [-0.05, 0) is 121 Å². The Morgan fingerprint density at radius 3 is 2.06 bits per heavy atom. The molecule has 0 aromatic heterocycles. The maximum Gasteiger partial charge on any atom is 0.317 e. The summed E-state index contributed by atoms with van der Waals surface area (Å²) in [6.45, 7) is 16.1. The first-order valence-electron chi connectivity index (χ1n) is 28.3. The number of nitrogens with two attached hydrogens (primary N) is 2. The zero-order valence-electron chi connectivity index (χ0n) is 47.8. The SMILES string of the molecule is C/C1=C/CCC(C)C(C(C)C/C(C)=C/CCCCCN=C(N)N)OC(=O)C(C)C(OC(=O)CC(=O)O)/C=C/C(C)C(O)CC(O)C(C)C(O)CCC(C)C(O)CC2(O)OC(CC(O)CC(O)CC(O)C(C)C1O)CC(O)C2O. The van der Waals surface area contributed by atoms with Crippen LogP contribution in [-0.2, 0) is 28.6 Å². The van der Waals surface area contributed by atoms with Crippen LogP contribution < -0.4 is 11.5 Å². The first-order chi connectivity index (χ1) is 36.4. The predicted molar refractivity (Wildman–Crippen MR) is 293 cm³/mol. The lowest BCUT2D eigenvalue weighted by Crippen LogP contribution is -2.59. The number of aliphatic carboxylic acids is 1. The van der Waals surface area contributed by atoms with Crippen LogP contribution in [0.4, 0.5) is 0 Å². The maximum absolute atomic E-state index is 14.3. The molecule has 21 unspecified atom stereocenters. The average Bonchev–Trinajstić information content (AvgIpc) is 3.34. The van der Waals surface area contributed by atoms with Crippen LogP contribution in [0.25, 0.3) is 0 Å². The number of cyclic esters (lactones) is 1. The number of hydrogen-bond acceptors (Lipinski definition) is 18. The van der Waals surface area contributed by atoms with Gasteiger partial charge in [0.2, 0.25) is 0 Å². The van der Waals surface area contributed by atoms with Crippen molar-refractivity contribution in [2.45, 2.75) is 250 Å². The number of allylic oxidation sites excluding steroid dienone is 3. The third kappa shape index (κ3) is 24.6. The lowest BCUT2D eigenvalue weighted by molar-refractivity contribution is -0.333. The van der Waals surface area contributed by atoms with Crippen LogP contribution in [0.1, 0.15) is 165 Å². The summed E-state index contributed by atoms with van der Waals surface area (Å²) in [5.41, 5.74) is 12.5. The van der Waals surface area contributed by atoms with Gasteiger partial charge in [0.1, 0.15) is 24.7 Å². The van der Waals surface area contributed by atoms with Gasteiger partial charge in [-0.1, -0.05) is 71.8 Å². The van der Waals surface area contributed by atoms with Crippen molar-refractivity contribution in [1.82, 2.24) is 0 Å². The van der Waals surface area contributed by atoms with Crippen molar-refractivity contribution in [1.29, 1.82) is 0 Å². The highest BCUT2D eigenvalue weighted by molar-refractivity contribution is 5.90. The summed E-state index contributed by atoms with van der Waals surface area (Å²) in [6, 6.07) is 0. The summed E-state index contributed by atoms with van der Waals surface area (Å²) in [5.74, 6) is -10.2. The first-order valence-corrected chi connectivity index (χ1v) is 28.3.